The van der Waals surface area contributed by atoms with Crippen molar-refractivity contribution in [3.8, 4) is 0 Å². The number of rotatable bonds is 4. The van der Waals surface area contributed by atoms with E-state index < -0.39 is 0 Å². The zero-order chi connectivity index (χ0) is 20.2. The molecule has 0 radical (unpaired) electrons. The molecule has 0 bridgehead atoms. The molecule has 1 aromatic heterocycles. The third-order valence-electron chi connectivity index (χ3n) is 5.32. The number of nitrogens with zero attached hydrogens (tertiary/aromatic N) is 5. The van der Waals surface area contributed by atoms with Crippen LogP contribution in [-0.4, -0.2) is 32.2 Å². The van der Waals surface area contributed by atoms with Crippen LogP contribution in [0.5, 0.6) is 0 Å². The Morgan fingerprint density at radius 1 is 1.13 bits per heavy atom. The zero-order valence-corrected chi connectivity index (χ0v) is 19.5. The van der Waals surface area contributed by atoms with Crippen molar-refractivity contribution in [2.45, 2.75) is 33.0 Å². The average Bonchev–Trinajstić information content (AvgIpc) is 3.06. The molecule has 2 aromatic carbocycles. The molecule has 0 aliphatic carbocycles. The topological polar surface area (TPSA) is 58.3 Å². The minimum atomic E-state index is -0.198. The molecule has 0 saturated heterocycles. The van der Waals surface area contributed by atoms with Gasteiger partial charge in [-0.2, -0.15) is 0 Å². The van der Waals surface area contributed by atoms with E-state index >= 15 is 0 Å². The molecular weight excluding hydrogens is 494 g/mol. The van der Waals surface area contributed by atoms with Crippen LogP contribution in [0.2, 0.25) is 0 Å². The summed E-state index contributed by atoms with van der Waals surface area (Å²) in [5, 5.41) is 11.8. The summed E-state index contributed by atoms with van der Waals surface area (Å²) in [5.74, 6) is 2.31. The quantitative estimate of drug-likeness (QED) is 0.325. The van der Waals surface area contributed by atoms with Gasteiger partial charge in [0.2, 0.25) is 0 Å². The molecule has 0 amide bonds. The van der Waals surface area contributed by atoms with E-state index in [1.165, 1.54) is 11.6 Å². The highest BCUT2D eigenvalue weighted by Gasteiger charge is 2.20. The van der Waals surface area contributed by atoms with Crippen molar-refractivity contribution in [1.82, 2.24) is 25.0 Å². The number of hydrogen-bond acceptors (Lipinski definition) is 3. The van der Waals surface area contributed by atoms with Gasteiger partial charge in [0, 0.05) is 20.1 Å². The average molecular weight is 520 g/mol. The number of halogens is 2. The summed E-state index contributed by atoms with van der Waals surface area (Å²) in [5.41, 5.74) is 3.36. The van der Waals surface area contributed by atoms with Crippen molar-refractivity contribution in [1.29, 1.82) is 0 Å². The third kappa shape index (κ3) is 5.16. The number of guanidine groups is 1. The second-order valence-electron chi connectivity index (χ2n) is 7.29. The van der Waals surface area contributed by atoms with E-state index in [1.807, 2.05) is 42.8 Å². The molecule has 1 aliphatic heterocycles. The highest BCUT2D eigenvalue weighted by molar-refractivity contribution is 14.0. The van der Waals surface area contributed by atoms with Crippen LogP contribution < -0.4 is 5.32 Å². The first-order chi connectivity index (χ1) is 14.1. The van der Waals surface area contributed by atoms with E-state index in [1.54, 1.807) is 6.07 Å². The van der Waals surface area contributed by atoms with Gasteiger partial charge in [-0.1, -0.05) is 36.4 Å². The van der Waals surface area contributed by atoms with E-state index in [2.05, 4.69) is 32.5 Å². The molecular formula is C22H26FIN6. The molecule has 0 saturated carbocycles. The van der Waals surface area contributed by atoms with Crippen LogP contribution in [0, 0.1) is 12.7 Å². The SMILES string of the molecule is Cc1nnc(CNC(=NCc2ccccc2)N2CCc3ccc(F)cc3C2)n1C.I. The number of aromatic nitrogens is 3. The minimum absolute atomic E-state index is 0. The first-order valence-corrected chi connectivity index (χ1v) is 9.79. The van der Waals surface area contributed by atoms with Gasteiger partial charge in [-0.05, 0) is 42.2 Å². The smallest absolute Gasteiger partial charge is 0.194 e. The predicted octanol–water partition coefficient (Wildman–Crippen LogP) is 3.58. The van der Waals surface area contributed by atoms with Crippen LogP contribution in [0.25, 0.3) is 0 Å². The molecule has 30 heavy (non-hydrogen) atoms. The number of nitrogens with one attached hydrogen (secondary N) is 1. The van der Waals surface area contributed by atoms with Gasteiger partial charge in [-0.3, -0.25) is 0 Å². The molecule has 0 unspecified atom stereocenters. The van der Waals surface area contributed by atoms with E-state index in [-0.39, 0.29) is 29.8 Å². The van der Waals surface area contributed by atoms with Crippen molar-refractivity contribution in [3.63, 3.8) is 0 Å². The molecule has 4 rings (SSSR count). The van der Waals surface area contributed by atoms with Gasteiger partial charge in [-0.25, -0.2) is 9.38 Å². The number of benzene rings is 2. The van der Waals surface area contributed by atoms with E-state index in [9.17, 15) is 4.39 Å². The summed E-state index contributed by atoms with van der Waals surface area (Å²) < 4.78 is 15.7. The summed E-state index contributed by atoms with van der Waals surface area (Å²) in [7, 11) is 1.95. The van der Waals surface area contributed by atoms with Gasteiger partial charge in [-0.15, -0.1) is 34.2 Å². The molecule has 1 N–H and O–H groups in total. The Hall–Kier alpha value is -2.49. The summed E-state index contributed by atoms with van der Waals surface area (Å²) in [6, 6.07) is 15.2. The van der Waals surface area contributed by atoms with Crippen LogP contribution >= 0.6 is 24.0 Å². The molecule has 8 heteroatoms. The van der Waals surface area contributed by atoms with Crippen LogP contribution in [0.1, 0.15) is 28.3 Å². The summed E-state index contributed by atoms with van der Waals surface area (Å²) in [6.07, 6.45) is 0.866. The Morgan fingerprint density at radius 2 is 1.93 bits per heavy atom. The van der Waals surface area contributed by atoms with Gasteiger partial charge in [0.05, 0.1) is 13.1 Å². The molecule has 6 nitrogen and oxygen atoms in total. The van der Waals surface area contributed by atoms with Crippen LogP contribution in [0.3, 0.4) is 0 Å². The number of hydrogen-bond donors (Lipinski definition) is 1. The second-order valence-corrected chi connectivity index (χ2v) is 7.29. The highest BCUT2D eigenvalue weighted by atomic mass is 127. The van der Waals surface area contributed by atoms with Crippen molar-refractivity contribution in [2.75, 3.05) is 6.54 Å². The Kier molecular flexibility index (Phi) is 7.41. The number of aryl methyl sites for hydroxylation is 1. The lowest BCUT2D eigenvalue weighted by Gasteiger charge is -2.32. The number of aliphatic imine (C=N–C) groups is 1. The zero-order valence-electron chi connectivity index (χ0n) is 17.2. The van der Waals surface area contributed by atoms with Crippen LogP contribution in [-0.2, 0) is 33.1 Å². The van der Waals surface area contributed by atoms with Gasteiger partial charge in [0.1, 0.15) is 11.6 Å². The standard InChI is InChI=1S/C22H25FN6.HI/c1-16-26-27-21(28(16)2)14-25-22(24-13-17-6-4-3-5-7-17)29-11-10-18-8-9-20(23)12-19(18)15-29;/h3-9,12H,10-11,13-15H2,1-2H3,(H,24,25);1H. The maximum Gasteiger partial charge on any atom is 0.194 e. The Balaban J connectivity index is 0.00000256. The lowest BCUT2D eigenvalue weighted by molar-refractivity contribution is 0.375. The van der Waals surface area contributed by atoms with E-state index in [0.717, 1.165) is 41.7 Å². The molecule has 0 atom stereocenters. The first-order valence-electron chi connectivity index (χ1n) is 9.79. The van der Waals surface area contributed by atoms with Crippen molar-refractivity contribution < 1.29 is 4.39 Å². The fourth-order valence-electron chi connectivity index (χ4n) is 3.49. The Morgan fingerprint density at radius 3 is 2.67 bits per heavy atom. The first kappa shape index (κ1) is 22.2. The molecule has 0 spiro atoms. The maximum absolute atomic E-state index is 13.7. The lowest BCUT2D eigenvalue weighted by atomic mass is 10.00. The lowest BCUT2D eigenvalue weighted by Crippen LogP contribution is -2.44. The van der Waals surface area contributed by atoms with Crippen LogP contribution in [0.15, 0.2) is 53.5 Å². The fraction of sp³-hybridized carbons (Fsp3) is 0.318. The molecule has 0 fully saturated rings. The second kappa shape index (κ2) is 10.0. The largest absolute Gasteiger partial charge is 0.349 e. The van der Waals surface area contributed by atoms with E-state index in [4.69, 9.17) is 4.99 Å². The van der Waals surface area contributed by atoms with Crippen molar-refractivity contribution in [3.05, 3.63) is 82.7 Å². The monoisotopic (exact) mass is 520 g/mol. The predicted molar refractivity (Wildman–Crippen MR) is 126 cm³/mol. The molecule has 1 aliphatic rings. The normalized spacial score (nSPS) is 13.6. The number of fused-ring (bicyclic) bond motifs is 1. The van der Waals surface area contributed by atoms with Crippen LogP contribution in [0.4, 0.5) is 4.39 Å². The fourth-order valence-corrected chi connectivity index (χ4v) is 3.49. The Labute approximate surface area is 193 Å². The van der Waals surface area contributed by atoms with Crippen molar-refractivity contribution in [2.24, 2.45) is 12.0 Å². The van der Waals surface area contributed by atoms with Gasteiger partial charge in [0.15, 0.2) is 11.8 Å². The minimum Gasteiger partial charge on any atom is -0.349 e. The summed E-state index contributed by atoms with van der Waals surface area (Å²) >= 11 is 0. The van der Waals surface area contributed by atoms with E-state index in [0.29, 0.717) is 19.6 Å². The molecule has 2 heterocycles. The molecule has 3 aromatic rings. The summed E-state index contributed by atoms with van der Waals surface area (Å²) in [6.45, 7) is 4.49. The third-order valence-corrected chi connectivity index (χ3v) is 5.32. The molecule has 158 valence electrons. The Bertz CT molecular complexity index is 1020. The van der Waals surface area contributed by atoms with Gasteiger partial charge >= 0.3 is 0 Å². The highest BCUT2D eigenvalue weighted by Crippen LogP contribution is 2.20. The van der Waals surface area contributed by atoms with Gasteiger partial charge < -0.3 is 14.8 Å². The maximum atomic E-state index is 13.7. The van der Waals surface area contributed by atoms with Gasteiger partial charge in [0.25, 0.3) is 0 Å². The van der Waals surface area contributed by atoms with Crippen molar-refractivity contribution >= 4 is 29.9 Å². The summed E-state index contributed by atoms with van der Waals surface area (Å²) in [4.78, 5) is 7.02.